The van der Waals surface area contributed by atoms with Crippen LogP contribution in [0.2, 0.25) is 5.02 Å². The molecule has 1 aliphatic rings. The zero-order valence-corrected chi connectivity index (χ0v) is 21.6. The highest BCUT2D eigenvalue weighted by Crippen LogP contribution is 2.29. The lowest BCUT2D eigenvalue weighted by Crippen LogP contribution is -2.31. The molecule has 0 spiro atoms. The average Bonchev–Trinajstić information content (AvgIpc) is 2.89. The van der Waals surface area contributed by atoms with E-state index in [9.17, 15) is 8.42 Å². The summed E-state index contributed by atoms with van der Waals surface area (Å²) in [6.45, 7) is 4.31. The van der Waals surface area contributed by atoms with Gasteiger partial charge in [0.1, 0.15) is 5.75 Å². The Morgan fingerprint density at radius 1 is 0.829 bits per heavy atom. The van der Waals surface area contributed by atoms with E-state index in [0.29, 0.717) is 17.3 Å². The van der Waals surface area contributed by atoms with Crippen molar-refractivity contribution in [2.24, 2.45) is 0 Å². The Balaban J connectivity index is 1.47. The Kier molecular flexibility index (Phi) is 9.07. The number of rotatable bonds is 11. The lowest BCUT2D eigenvalue weighted by atomic mass is 10.1. The van der Waals surface area contributed by atoms with Gasteiger partial charge in [-0.3, -0.25) is 4.31 Å². The topological polar surface area (TPSA) is 49.9 Å². The molecule has 0 bridgehead atoms. The van der Waals surface area contributed by atoms with Crippen LogP contribution in [0.4, 0.5) is 5.69 Å². The summed E-state index contributed by atoms with van der Waals surface area (Å²) in [5, 5.41) is 0.495. The maximum atomic E-state index is 13.6. The van der Waals surface area contributed by atoms with Crippen molar-refractivity contribution < 1.29 is 13.2 Å². The first-order chi connectivity index (χ1) is 17.0. The molecule has 0 saturated carbocycles. The van der Waals surface area contributed by atoms with Crippen molar-refractivity contribution >= 4 is 27.3 Å². The van der Waals surface area contributed by atoms with Crippen LogP contribution in [0.1, 0.15) is 37.7 Å². The van der Waals surface area contributed by atoms with Crippen LogP contribution in [0.25, 0.3) is 0 Å². The van der Waals surface area contributed by atoms with Crippen LogP contribution in [0.5, 0.6) is 5.75 Å². The molecule has 3 aromatic rings. The maximum absolute atomic E-state index is 13.6. The molecular weight excluding hydrogens is 480 g/mol. The summed E-state index contributed by atoms with van der Waals surface area (Å²) in [7, 11) is -3.81. The van der Waals surface area contributed by atoms with Gasteiger partial charge in [0.2, 0.25) is 0 Å². The van der Waals surface area contributed by atoms with E-state index in [1.54, 1.807) is 36.4 Å². The van der Waals surface area contributed by atoms with Crippen LogP contribution in [-0.2, 0) is 16.6 Å². The number of sulfonamides is 1. The Morgan fingerprint density at radius 2 is 1.51 bits per heavy atom. The fraction of sp³-hybridized carbons (Fsp3) is 0.357. The molecule has 0 amide bonds. The monoisotopic (exact) mass is 512 g/mol. The molecular formula is C28H33ClN2O3S. The second-order valence-corrected chi connectivity index (χ2v) is 11.2. The highest BCUT2D eigenvalue weighted by molar-refractivity contribution is 7.92. The van der Waals surface area contributed by atoms with Gasteiger partial charge in [0.25, 0.3) is 10.0 Å². The number of unbranched alkanes of at least 4 members (excludes halogenated alkanes) is 1. The van der Waals surface area contributed by atoms with Crippen molar-refractivity contribution in [3.8, 4) is 5.75 Å². The van der Waals surface area contributed by atoms with Gasteiger partial charge in [0.15, 0.2) is 0 Å². The van der Waals surface area contributed by atoms with Crippen LogP contribution in [0, 0.1) is 0 Å². The Labute approximate surface area is 214 Å². The largest absolute Gasteiger partial charge is 0.493 e. The van der Waals surface area contributed by atoms with Gasteiger partial charge in [-0.25, -0.2) is 8.42 Å². The second-order valence-electron chi connectivity index (χ2n) is 8.87. The fourth-order valence-corrected chi connectivity index (χ4v) is 5.94. The number of ether oxygens (including phenoxy) is 1. The molecule has 1 aliphatic heterocycles. The molecule has 0 radical (unpaired) electrons. The molecule has 35 heavy (non-hydrogen) atoms. The summed E-state index contributed by atoms with van der Waals surface area (Å²) in [4.78, 5) is 2.73. The summed E-state index contributed by atoms with van der Waals surface area (Å²) in [6, 6.07) is 23.1. The summed E-state index contributed by atoms with van der Waals surface area (Å²) in [6.07, 6.45) is 6.03. The second kappa shape index (κ2) is 12.4. The van der Waals surface area contributed by atoms with Crippen LogP contribution in [-0.4, -0.2) is 39.6 Å². The highest BCUT2D eigenvalue weighted by Gasteiger charge is 2.26. The van der Waals surface area contributed by atoms with E-state index in [2.05, 4.69) is 4.90 Å². The van der Waals surface area contributed by atoms with E-state index in [-0.39, 0.29) is 11.4 Å². The molecule has 4 rings (SSSR count). The third-order valence-corrected chi connectivity index (χ3v) is 8.35. The van der Waals surface area contributed by atoms with E-state index >= 15 is 0 Å². The first-order valence-electron chi connectivity index (χ1n) is 12.3. The number of benzene rings is 3. The summed E-state index contributed by atoms with van der Waals surface area (Å²) >= 11 is 6.00. The number of nitrogens with zero attached hydrogens (tertiary/aromatic N) is 2. The molecule has 1 fully saturated rings. The minimum absolute atomic E-state index is 0.166. The van der Waals surface area contributed by atoms with E-state index in [1.807, 2.05) is 42.5 Å². The van der Waals surface area contributed by atoms with Gasteiger partial charge < -0.3 is 9.64 Å². The van der Waals surface area contributed by atoms with Gasteiger partial charge in [-0.2, -0.15) is 0 Å². The Morgan fingerprint density at radius 3 is 2.26 bits per heavy atom. The third-order valence-electron chi connectivity index (χ3n) is 6.31. The SMILES string of the molecule is O=S(=O)(c1ccc(Cl)cc1)N(Cc1ccccc1OCCCCN1CCCCC1)c1ccccc1. The van der Waals surface area contributed by atoms with Crippen molar-refractivity contribution in [2.75, 3.05) is 30.5 Å². The normalized spacial score (nSPS) is 14.5. The number of hydrogen-bond acceptors (Lipinski definition) is 4. The van der Waals surface area contributed by atoms with E-state index < -0.39 is 10.0 Å². The number of halogens is 1. The smallest absolute Gasteiger partial charge is 0.264 e. The number of anilines is 1. The van der Waals surface area contributed by atoms with Crippen molar-refractivity contribution in [1.29, 1.82) is 0 Å². The number of piperidine rings is 1. The summed E-state index contributed by atoms with van der Waals surface area (Å²) in [5.41, 5.74) is 1.42. The average molecular weight is 513 g/mol. The lowest BCUT2D eigenvalue weighted by Gasteiger charge is -2.26. The molecule has 1 saturated heterocycles. The first-order valence-corrected chi connectivity index (χ1v) is 14.1. The van der Waals surface area contributed by atoms with E-state index in [0.717, 1.165) is 30.7 Å². The zero-order valence-electron chi connectivity index (χ0n) is 20.0. The van der Waals surface area contributed by atoms with E-state index in [1.165, 1.54) is 36.7 Å². The number of likely N-dealkylation sites (tertiary alicyclic amines) is 1. The summed E-state index contributed by atoms with van der Waals surface area (Å²) in [5.74, 6) is 0.720. The Hall–Kier alpha value is -2.54. The molecule has 0 N–H and O–H groups in total. The predicted octanol–water partition coefficient (Wildman–Crippen LogP) is 6.38. The van der Waals surface area contributed by atoms with Crippen LogP contribution in [0.15, 0.2) is 83.8 Å². The first kappa shape index (κ1) is 25.5. The molecule has 186 valence electrons. The predicted molar refractivity (Wildman–Crippen MR) is 143 cm³/mol. The van der Waals surface area contributed by atoms with Crippen molar-refractivity contribution in [2.45, 2.75) is 43.5 Å². The van der Waals surface area contributed by atoms with Gasteiger partial charge in [0, 0.05) is 10.6 Å². The summed E-state index contributed by atoms with van der Waals surface area (Å²) < 4.78 is 34.9. The van der Waals surface area contributed by atoms with Crippen molar-refractivity contribution in [3.63, 3.8) is 0 Å². The van der Waals surface area contributed by atoms with Crippen LogP contribution < -0.4 is 9.04 Å². The zero-order chi connectivity index (χ0) is 24.5. The maximum Gasteiger partial charge on any atom is 0.264 e. The number of para-hydroxylation sites is 2. The molecule has 1 heterocycles. The van der Waals surface area contributed by atoms with Gasteiger partial charge in [-0.05, 0) is 87.8 Å². The molecule has 0 unspecified atom stereocenters. The minimum atomic E-state index is -3.81. The van der Waals surface area contributed by atoms with Gasteiger partial charge >= 0.3 is 0 Å². The molecule has 0 atom stereocenters. The fourth-order valence-electron chi connectivity index (χ4n) is 4.38. The minimum Gasteiger partial charge on any atom is -0.493 e. The molecule has 3 aromatic carbocycles. The molecule has 0 aliphatic carbocycles. The lowest BCUT2D eigenvalue weighted by molar-refractivity contribution is 0.215. The van der Waals surface area contributed by atoms with Crippen LogP contribution in [0.3, 0.4) is 0 Å². The third kappa shape index (κ3) is 7.00. The van der Waals surface area contributed by atoms with Crippen molar-refractivity contribution in [1.82, 2.24) is 4.90 Å². The molecule has 5 nitrogen and oxygen atoms in total. The van der Waals surface area contributed by atoms with Gasteiger partial charge in [-0.1, -0.05) is 54.4 Å². The van der Waals surface area contributed by atoms with Crippen molar-refractivity contribution in [3.05, 3.63) is 89.4 Å². The van der Waals surface area contributed by atoms with E-state index in [4.69, 9.17) is 16.3 Å². The highest BCUT2D eigenvalue weighted by atomic mass is 35.5. The van der Waals surface area contributed by atoms with Crippen LogP contribution >= 0.6 is 11.6 Å². The molecule has 7 heteroatoms. The number of hydrogen-bond donors (Lipinski definition) is 0. The Bertz CT molecular complexity index is 1160. The molecule has 0 aromatic heterocycles. The van der Waals surface area contributed by atoms with Gasteiger partial charge in [0.05, 0.1) is 23.7 Å². The van der Waals surface area contributed by atoms with Gasteiger partial charge in [-0.15, -0.1) is 0 Å². The standard InChI is InChI=1S/C28H33ClN2O3S/c29-25-15-17-27(18-16-25)35(32,33)31(26-12-3-1-4-13-26)23-24-11-5-6-14-28(24)34-22-10-9-21-30-19-7-2-8-20-30/h1,3-6,11-18H,2,7-10,19-23H2. The quantitative estimate of drug-likeness (QED) is 0.280.